The van der Waals surface area contributed by atoms with Gasteiger partial charge < -0.3 is 10.6 Å². The van der Waals surface area contributed by atoms with Gasteiger partial charge in [-0.1, -0.05) is 24.3 Å². The van der Waals surface area contributed by atoms with E-state index >= 15 is 0 Å². The number of benzene rings is 2. The highest BCUT2D eigenvalue weighted by Crippen LogP contribution is 2.30. The van der Waals surface area contributed by atoms with E-state index in [4.69, 9.17) is 0 Å². The third kappa shape index (κ3) is 3.93. The van der Waals surface area contributed by atoms with Crippen LogP contribution < -0.4 is 10.6 Å². The van der Waals surface area contributed by atoms with E-state index in [0.717, 1.165) is 22.9 Å². The Morgan fingerprint density at radius 1 is 1.08 bits per heavy atom. The molecule has 1 heterocycles. The number of hydrogen-bond donors (Lipinski definition) is 2. The fraction of sp³-hybridized carbons (Fsp3) is 0.158. The Morgan fingerprint density at radius 2 is 1.81 bits per heavy atom. The zero-order valence-electron chi connectivity index (χ0n) is 13.8. The van der Waals surface area contributed by atoms with E-state index in [9.17, 15) is 18.0 Å². The van der Waals surface area contributed by atoms with Crippen LogP contribution in [-0.4, -0.2) is 11.0 Å². The molecule has 0 aliphatic carbocycles. The molecule has 2 N–H and O–H groups in total. The number of hydrogen-bond acceptors (Lipinski definition) is 2. The molecule has 134 valence electrons. The van der Waals surface area contributed by atoms with Crippen molar-refractivity contribution in [3.05, 3.63) is 72.1 Å². The lowest BCUT2D eigenvalue weighted by Crippen LogP contribution is -2.31. The van der Waals surface area contributed by atoms with E-state index < -0.39 is 23.8 Å². The second kappa shape index (κ2) is 7.03. The van der Waals surface area contributed by atoms with Crippen LogP contribution in [0.1, 0.15) is 24.1 Å². The van der Waals surface area contributed by atoms with Crippen LogP contribution in [0.5, 0.6) is 0 Å². The lowest BCUT2D eigenvalue weighted by Gasteiger charge is -2.16. The topological polar surface area (TPSA) is 54.0 Å². The van der Waals surface area contributed by atoms with Crippen molar-refractivity contribution >= 4 is 22.5 Å². The molecular weight excluding hydrogens is 343 g/mol. The number of halogens is 3. The second-order valence-electron chi connectivity index (χ2n) is 5.84. The van der Waals surface area contributed by atoms with Crippen LogP contribution in [0.15, 0.2) is 60.9 Å². The molecule has 0 saturated heterocycles. The number of rotatable bonds is 3. The molecule has 4 nitrogen and oxygen atoms in total. The van der Waals surface area contributed by atoms with Crippen molar-refractivity contribution in [2.75, 3.05) is 5.32 Å². The quantitative estimate of drug-likeness (QED) is 0.681. The predicted octanol–water partition coefficient (Wildman–Crippen LogP) is 5.14. The van der Waals surface area contributed by atoms with Gasteiger partial charge in [-0.25, -0.2) is 4.79 Å². The third-order valence-corrected chi connectivity index (χ3v) is 4.01. The number of carbonyl (C=O) groups is 1. The molecule has 1 unspecified atom stereocenters. The Morgan fingerprint density at radius 3 is 2.50 bits per heavy atom. The first-order valence-electron chi connectivity index (χ1n) is 7.92. The van der Waals surface area contributed by atoms with Crippen LogP contribution in [0.4, 0.5) is 23.7 Å². The number of pyridine rings is 1. The molecule has 0 radical (unpaired) electrons. The summed E-state index contributed by atoms with van der Waals surface area (Å²) in [5, 5.41) is 7.22. The van der Waals surface area contributed by atoms with Gasteiger partial charge in [0.25, 0.3) is 0 Å². The van der Waals surface area contributed by atoms with Crippen molar-refractivity contribution in [2.24, 2.45) is 0 Å². The largest absolute Gasteiger partial charge is 0.416 e. The molecule has 0 saturated carbocycles. The van der Waals surface area contributed by atoms with Crippen molar-refractivity contribution in [1.29, 1.82) is 0 Å². The maximum absolute atomic E-state index is 12.6. The second-order valence-corrected chi connectivity index (χ2v) is 5.84. The van der Waals surface area contributed by atoms with Gasteiger partial charge in [0.2, 0.25) is 0 Å². The van der Waals surface area contributed by atoms with Gasteiger partial charge in [-0.3, -0.25) is 4.98 Å². The first-order valence-corrected chi connectivity index (χ1v) is 7.92. The molecule has 0 spiro atoms. The highest BCUT2D eigenvalue weighted by Gasteiger charge is 2.30. The van der Waals surface area contributed by atoms with Gasteiger partial charge >= 0.3 is 12.2 Å². The lowest BCUT2D eigenvalue weighted by atomic mass is 10.1. The average Bonchev–Trinajstić information content (AvgIpc) is 2.61. The van der Waals surface area contributed by atoms with Crippen LogP contribution in [0, 0.1) is 0 Å². The van der Waals surface area contributed by atoms with Crippen molar-refractivity contribution < 1.29 is 18.0 Å². The Kier molecular flexibility index (Phi) is 4.79. The molecule has 7 heteroatoms. The number of carbonyl (C=O) groups excluding carboxylic acids is 1. The molecule has 3 rings (SSSR count). The monoisotopic (exact) mass is 359 g/mol. The minimum atomic E-state index is -4.38. The minimum absolute atomic E-state index is 0.443. The Bertz CT molecular complexity index is 918. The Hall–Kier alpha value is -3.09. The summed E-state index contributed by atoms with van der Waals surface area (Å²) < 4.78 is 37.8. The van der Waals surface area contributed by atoms with Gasteiger partial charge in [0.15, 0.2) is 0 Å². The first kappa shape index (κ1) is 17.7. The highest BCUT2D eigenvalue weighted by atomic mass is 19.4. The number of aromatic nitrogens is 1. The first-order chi connectivity index (χ1) is 12.3. The number of anilines is 1. The van der Waals surface area contributed by atoms with E-state index in [-0.39, 0.29) is 0 Å². The SMILES string of the molecule is CC(NC(=O)Nc1cccc2cnccc12)c1ccc(C(F)(F)F)cc1. The van der Waals surface area contributed by atoms with Gasteiger partial charge in [-0.15, -0.1) is 0 Å². The van der Waals surface area contributed by atoms with E-state index in [1.54, 1.807) is 37.5 Å². The zero-order chi connectivity index (χ0) is 18.7. The molecule has 1 atom stereocenters. The van der Waals surface area contributed by atoms with Crippen molar-refractivity contribution in [3.8, 4) is 0 Å². The summed E-state index contributed by atoms with van der Waals surface area (Å²) in [4.78, 5) is 16.3. The lowest BCUT2D eigenvalue weighted by molar-refractivity contribution is -0.137. The van der Waals surface area contributed by atoms with E-state index in [1.165, 1.54) is 12.1 Å². The molecule has 0 aliphatic heterocycles. The minimum Gasteiger partial charge on any atom is -0.331 e. The third-order valence-electron chi connectivity index (χ3n) is 4.01. The predicted molar refractivity (Wildman–Crippen MR) is 93.8 cm³/mol. The Balaban J connectivity index is 1.69. The van der Waals surface area contributed by atoms with Crippen LogP contribution in [0.2, 0.25) is 0 Å². The van der Waals surface area contributed by atoms with E-state index in [1.807, 2.05) is 6.07 Å². The maximum atomic E-state index is 12.6. The van der Waals surface area contributed by atoms with E-state index in [0.29, 0.717) is 11.3 Å². The number of fused-ring (bicyclic) bond motifs is 1. The number of amides is 2. The fourth-order valence-electron chi connectivity index (χ4n) is 2.63. The van der Waals surface area contributed by atoms with Crippen molar-refractivity contribution in [1.82, 2.24) is 10.3 Å². The molecule has 1 aromatic heterocycles. The van der Waals surface area contributed by atoms with Crippen LogP contribution in [0.25, 0.3) is 10.8 Å². The number of urea groups is 1. The summed E-state index contributed by atoms with van der Waals surface area (Å²) in [6.45, 7) is 1.70. The molecule has 0 aliphatic rings. The van der Waals surface area contributed by atoms with E-state index in [2.05, 4.69) is 15.6 Å². The maximum Gasteiger partial charge on any atom is 0.416 e. The summed E-state index contributed by atoms with van der Waals surface area (Å²) >= 11 is 0. The van der Waals surface area contributed by atoms with Gasteiger partial charge in [-0.2, -0.15) is 13.2 Å². The summed E-state index contributed by atoms with van der Waals surface area (Å²) in [6.07, 6.45) is -1.05. The normalized spacial score (nSPS) is 12.6. The van der Waals surface area contributed by atoms with Crippen LogP contribution in [0.3, 0.4) is 0 Å². The average molecular weight is 359 g/mol. The zero-order valence-corrected chi connectivity index (χ0v) is 13.8. The molecule has 0 bridgehead atoms. The van der Waals surface area contributed by atoms with Gasteiger partial charge in [0, 0.05) is 23.2 Å². The summed E-state index contributed by atoms with van der Waals surface area (Å²) in [6, 6.07) is 11.1. The summed E-state index contributed by atoms with van der Waals surface area (Å²) in [7, 11) is 0. The summed E-state index contributed by atoms with van der Waals surface area (Å²) in [5.41, 5.74) is 0.486. The standard InChI is InChI=1S/C19H16F3N3O/c1-12(13-5-7-15(8-6-13)19(20,21)22)24-18(26)25-17-4-2-3-14-11-23-10-9-16(14)17/h2-12H,1H3,(H2,24,25,26). The summed E-state index contributed by atoms with van der Waals surface area (Å²) in [5.74, 6) is 0. The number of nitrogens with one attached hydrogen (secondary N) is 2. The highest BCUT2D eigenvalue weighted by molar-refractivity contribution is 6.01. The number of nitrogens with zero attached hydrogens (tertiary/aromatic N) is 1. The van der Waals surface area contributed by atoms with Crippen molar-refractivity contribution in [3.63, 3.8) is 0 Å². The smallest absolute Gasteiger partial charge is 0.331 e. The van der Waals surface area contributed by atoms with Crippen LogP contribution in [-0.2, 0) is 6.18 Å². The van der Waals surface area contributed by atoms with Gasteiger partial charge in [-0.05, 0) is 36.8 Å². The van der Waals surface area contributed by atoms with Crippen LogP contribution >= 0.6 is 0 Å². The molecule has 0 fully saturated rings. The molecule has 2 aromatic carbocycles. The van der Waals surface area contributed by atoms with Crippen molar-refractivity contribution in [2.45, 2.75) is 19.1 Å². The molecule has 26 heavy (non-hydrogen) atoms. The number of alkyl halides is 3. The Labute approximate surface area is 148 Å². The molecule has 2 amide bonds. The molecular formula is C19H16F3N3O. The fourth-order valence-corrected chi connectivity index (χ4v) is 2.63. The molecule has 3 aromatic rings. The van der Waals surface area contributed by atoms with Gasteiger partial charge in [0.1, 0.15) is 0 Å². The van der Waals surface area contributed by atoms with Gasteiger partial charge in [0.05, 0.1) is 17.3 Å².